The van der Waals surface area contributed by atoms with Gasteiger partial charge < -0.3 is 16.2 Å². The Morgan fingerprint density at radius 2 is 2.29 bits per heavy atom. The molecule has 17 heavy (non-hydrogen) atoms. The van der Waals surface area contributed by atoms with Crippen LogP contribution in [0, 0.1) is 0 Å². The van der Waals surface area contributed by atoms with Gasteiger partial charge in [0.2, 0.25) is 0 Å². The molecule has 0 aliphatic heterocycles. The van der Waals surface area contributed by atoms with Crippen LogP contribution in [0.2, 0.25) is 0 Å². The number of anilines is 2. The molecule has 1 aromatic heterocycles. The number of aliphatic hydroxyl groups is 1. The van der Waals surface area contributed by atoms with Crippen LogP contribution in [0.5, 0.6) is 0 Å². The van der Waals surface area contributed by atoms with Gasteiger partial charge in [-0.3, -0.25) is 0 Å². The normalized spacial score (nSPS) is 15.4. The summed E-state index contributed by atoms with van der Waals surface area (Å²) in [6, 6.07) is 4.13. The first-order valence-electron chi connectivity index (χ1n) is 5.82. The molecule has 0 radical (unpaired) electrons. The van der Waals surface area contributed by atoms with E-state index in [9.17, 15) is 0 Å². The summed E-state index contributed by atoms with van der Waals surface area (Å²) in [5.74, 6) is 0.648. The smallest absolute Gasteiger partial charge is 0.183 e. The van der Waals surface area contributed by atoms with Crippen LogP contribution in [0.3, 0.4) is 0 Å². The fraction of sp³-hybridized carbons (Fsp3) is 0.417. The number of nitrogens with two attached hydrogens (primary N) is 1. The van der Waals surface area contributed by atoms with Gasteiger partial charge in [-0.1, -0.05) is 11.3 Å². The Labute approximate surface area is 103 Å². The first-order chi connectivity index (χ1) is 8.28. The fourth-order valence-electron chi connectivity index (χ4n) is 1.99. The van der Waals surface area contributed by atoms with Crippen molar-refractivity contribution in [3.63, 3.8) is 0 Å². The van der Waals surface area contributed by atoms with Crippen molar-refractivity contribution in [2.24, 2.45) is 0 Å². The van der Waals surface area contributed by atoms with E-state index in [1.165, 1.54) is 18.4 Å². The number of aromatic nitrogens is 1. The van der Waals surface area contributed by atoms with E-state index in [0.29, 0.717) is 12.5 Å². The Morgan fingerprint density at radius 3 is 3.00 bits per heavy atom. The molecule has 3 rings (SSSR count). The van der Waals surface area contributed by atoms with Crippen LogP contribution in [-0.2, 0) is 0 Å². The molecule has 0 unspecified atom stereocenters. The van der Waals surface area contributed by atoms with Gasteiger partial charge in [-0.05, 0) is 36.5 Å². The van der Waals surface area contributed by atoms with Crippen molar-refractivity contribution in [3.05, 3.63) is 17.7 Å². The van der Waals surface area contributed by atoms with Gasteiger partial charge in [-0.2, -0.15) is 0 Å². The molecule has 1 heterocycles. The van der Waals surface area contributed by atoms with Gasteiger partial charge >= 0.3 is 0 Å². The Kier molecular flexibility index (Phi) is 2.64. The minimum atomic E-state index is 0.116. The van der Waals surface area contributed by atoms with Gasteiger partial charge in [0.05, 0.1) is 16.8 Å². The Bertz CT molecular complexity index is 548. The maximum atomic E-state index is 8.77. The van der Waals surface area contributed by atoms with Gasteiger partial charge in [0.1, 0.15) is 0 Å². The number of hydrogen-bond acceptors (Lipinski definition) is 5. The summed E-state index contributed by atoms with van der Waals surface area (Å²) in [4.78, 5) is 4.50. The van der Waals surface area contributed by atoms with Gasteiger partial charge in [0, 0.05) is 12.2 Å². The maximum absolute atomic E-state index is 8.77. The molecule has 0 saturated heterocycles. The molecule has 90 valence electrons. The van der Waals surface area contributed by atoms with Gasteiger partial charge in [-0.25, -0.2) is 4.98 Å². The fourth-order valence-corrected chi connectivity index (χ4v) is 2.91. The Hall–Kier alpha value is -1.33. The monoisotopic (exact) mass is 249 g/mol. The van der Waals surface area contributed by atoms with Crippen LogP contribution in [0.15, 0.2) is 12.1 Å². The first-order valence-corrected chi connectivity index (χ1v) is 6.64. The summed E-state index contributed by atoms with van der Waals surface area (Å²) in [6.45, 7) is 0.649. The van der Waals surface area contributed by atoms with Crippen molar-refractivity contribution in [2.75, 3.05) is 24.2 Å². The molecule has 1 aromatic carbocycles. The van der Waals surface area contributed by atoms with E-state index in [2.05, 4.69) is 16.4 Å². The van der Waals surface area contributed by atoms with E-state index in [4.69, 9.17) is 10.8 Å². The van der Waals surface area contributed by atoms with Gasteiger partial charge in [0.15, 0.2) is 5.13 Å². The Morgan fingerprint density at radius 1 is 1.47 bits per heavy atom. The van der Waals surface area contributed by atoms with Crippen molar-refractivity contribution < 1.29 is 5.11 Å². The van der Waals surface area contributed by atoms with Crippen LogP contribution in [0.25, 0.3) is 10.2 Å². The minimum absolute atomic E-state index is 0.116. The lowest BCUT2D eigenvalue weighted by atomic mass is 10.1. The molecular formula is C12H15N3OS. The lowest BCUT2D eigenvalue weighted by molar-refractivity contribution is 0.311. The van der Waals surface area contributed by atoms with E-state index >= 15 is 0 Å². The second-order valence-corrected chi connectivity index (χ2v) is 5.42. The number of benzene rings is 1. The summed E-state index contributed by atoms with van der Waals surface area (Å²) in [7, 11) is 0. The second-order valence-electron chi connectivity index (χ2n) is 4.39. The number of fused-ring (bicyclic) bond motifs is 1. The molecule has 5 heteroatoms. The van der Waals surface area contributed by atoms with E-state index in [1.807, 2.05) is 6.07 Å². The summed E-state index contributed by atoms with van der Waals surface area (Å²) >= 11 is 1.58. The molecule has 1 aliphatic carbocycles. The predicted octanol–water partition coefficient (Wildman–Crippen LogP) is 2.16. The van der Waals surface area contributed by atoms with Gasteiger partial charge in [-0.15, -0.1) is 0 Å². The zero-order valence-corrected chi connectivity index (χ0v) is 10.3. The highest BCUT2D eigenvalue weighted by molar-refractivity contribution is 7.22. The van der Waals surface area contributed by atoms with Gasteiger partial charge in [0.25, 0.3) is 0 Å². The number of nitrogens with one attached hydrogen (secondary N) is 1. The molecule has 0 bridgehead atoms. The van der Waals surface area contributed by atoms with E-state index in [-0.39, 0.29) is 6.61 Å². The SMILES string of the molecule is Nc1cc2sc(NCCO)nc2cc1C1CC1. The summed E-state index contributed by atoms with van der Waals surface area (Å²) in [5.41, 5.74) is 9.19. The van der Waals surface area contributed by atoms with E-state index in [1.54, 1.807) is 11.3 Å². The highest BCUT2D eigenvalue weighted by Gasteiger charge is 2.26. The lowest BCUT2D eigenvalue weighted by Crippen LogP contribution is -2.04. The Balaban J connectivity index is 1.97. The highest BCUT2D eigenvalue weighted by Crippen LogP contribution is 2.44. The number of hydrogen-bond donors (Lipinski definition) is 3. The zero-order chi connectivity index (χ0) is 11.8. The number of nitrogen functional groups attached to an aromatic ring is 1. The van der Waals surface area contributed by atoms with Crippen LogP contribution >= 0.6 is 11.3 Å². The number of nitrogens with zero attached hydrogens (tertiary/aromatic N) is 1. The predicted molar refractivity (Wildman–Crippen MR) is 71.6 cm³/mol. The molecule has 0 amide bonds. The number of thiazole rings is 1. The molecule has 4 nitrogen and oxygen atoms in total. The van der Waals surface area contributed by atoms with Crippen molar-refractivity contribution in [1.82, 2.24) is 4.98 Å². The van der Waals surface area contributed by atoms with E-state index < -0.39 is 0 Å². The second kappa shape index (κ2) is 4.16. The van der Waals surface area contributed by atoms with Crippen LogP contribution in [0.1, 0.15) is 24.3 Å². The zero-order valence-electron chi connectivity index (χ0n) is 9.44. The molecule has 1 fully saturated rings. The largest absolute Gasteiger partial charge is 0.398 e. The molecule has 0 atom stereocenters. The lowest BCUT2D eigenvalue weighted by Gasteiger charge is -2.02. The molecule has 2 aromatic rings. The van der Waals surface area contributed by atoms with Crippen LogP contribution < -0.4 is 11.1 Å². The number of rotatable bonds is 4. The molecule has 1 saturated carbocycles. The van der Waals surface area contributed by atoms with Crippen molar-refractivity contribution >= 4 is 32.4 Å². The van der Waals surface area contributed by atoms with Crippen molar-refractivity contribution in [3.8, 4) is 0 Å². The summed E-state index contributed by atoms with van der Waals surface area (Å²) < 4.78 is 1.10. The van der Waals surface area contributed by atoms with Crippen LogP contribution in [0.4, 0.5) is 10.8 Å². The molecule has 4 N–H and O–H groups in total. The summed E-state index contributed by atoms with van der Waals surface area (Å²) in [5, 5.41) is 12.7. The average Bonchev–Trinajstić information content (AvgIpc) is 3.07. The maximum Gasteiger partial charge on any atom is 0.183 e. The van der Waals surface area contributed by atoms with E-state index in [0.717, 1.165) is 21.0 Å². The molecular weight excluding hydrogens is 234 g/mol. The number of aliphatic hydroxyl groups excluding tert-OH is 1. The average molecular weight is 249 g/mol. The third-order valence-electron chi connectivity index (χ3n) is 3.00. The quantitative estimate of drug-likeness (QED) is 0.726. The standard InChI is InChI=1S/C12H15N3OS/c13-9-6-11-10(5-8(9)7-1-2-7)15-12(17-11)14-3-4-16/h5-7,16H,1-4,13H2,(H,14,15). The minimum Gasteiger partial charge on any atom is -0.398 e. The van der Waals surface area contributed by atoms with Crippen molar-refractivity contribution in [2.45, 2.75) is 18.8 Å². The third kappa shape index (κ3) is 2.08. The first kappa shape index (κ1) is 10.8. The highest BCUT2D eigenvalue weighted by atomic mass is 32.1. The third-order valence-corrected chi connectivity index (χ3v) is 3.97. The molecule has 1 aliphatic rings. The van der Waals surface area contributed by atoms with Crippen molar-refractivity contribution in [1.29, 1.82) is 0 Å². The van der Waals surface area contributed by atoms with Crippen LogP contribution in [-0.4, -0.2) is 23.2 Å². The molecule has 0 spiro atoms. The topological polar surface area (TPSA) is 71.2 Å². The summed E-state index contributed by atoms with van der Waals surface area (Å²) in [6.07, 6.45) is 2.49.